The van der Waals surface area contributed by atoms with Crippen molar-refractivity contribution in [2.75, 3.05) is 5.32 Å². The van der Waals surface area contributed by atoms with Gasteiger partial charge in [0.25, 0.3) is 0 Å². The van der Waals surface area contributed by atoms with Crippen molar-refractivity contribution in [3.63, 3.8) is 0 Å². The van der Waals surface area contributed by atoms with Gasteiger partial charge in [-0.1, -0.05) is 65.8 Å². The van der Waals surface area contributed by atoms with E-state index in [1.807, 2.05) is 24.3 Å². The molecule has 0 aliphatic heterocycles. The number of anilines is 2. The minimum atomic E-state index is -1.50. The first-order valence-electron chi connectivity index (χ1n) is 8.36. The number of hydrogen-bond donors (Lipinski definition) is 3. The molecule has 0 bridgehead atoms. The zero-order valence-electron chi connectivity index (χ0n) is 15.5. The zero-order chi connectivity index (χ0) is 18.1. The molecular weight excluding hydrogens is 297 g/mol. The molecular formula is C20H28BNO2. The van der Waals surface area contributed by atoms with Crippen LogP contribution in [0.4, 0.5) is 11.4 Å². The molecule has 3 N–H and O–H groups in total. The summed E-state index contributed by atoms with van der Waals surface area (Å²) in [5, 5.41) is 22.6. The molecule has 0 atom stereocenters. The molecule has 0 saturated carbocycles. The molecule has 0 aliphatic rings. The molecule has 0 fully saturated rings. The smallest absolute Gasteiger partial charge is 0.423 e. The normalized spacial score (nSPS) is 12.2. The van der Waals surface area contributed by atoms with Crippen LogP contribution in [0.3, 0.4) is 0 Å². The molecule has 0 radical (unpaired) electrons. The lowest BCUT2D eigenvalue weighted by Crippen LogP contribution is -2.32. The summed E-state index contributed by atoms with van der Waals surface area (Å²) in [6.07, 6.45) is 0. The highest BCUT2D eigenvalue weighted by Gasteiger charge is 2.21. The summed E-state index contributed by atoms with van der Waals surface area (Å²) in [7, 11) is -1.50. The topological polar surface area (TPSA) is 52.5 Å². The Hall–Kier alpha value is -1.78. The van der Waals surface area contributed by atoms with E-state index in [0.717, 1.165) is 16.9 Å². The van der Waals surface area contributed by atoms with Gasteiger partial charge in [-0.3, -0.25) is 0 Å². The number of rotatable bonds is 3. The fraction of sp³-hybridized carbons (Fsp3) is 0.400. The Morgan fingerprint density at radius 3 is 1.71 bits per heavy atom. The van der Waals surface area contributed by atoms with Crippen molar-refractivity contribution in [3.8, 4) is 0 Å². The maximum Gasteiger partial charge on any atom is 0.490 e. The molecule has 3 nitrogen and oxygen atoms in total. The van der Waals surface area contributed by atoms with E-state index in [9.17, 15) is 10.0 Å². The predicted octanol–water partition coefficient (Wildman–Crippen LogP) is 3.71. The predicted molar refractivity (Wildman–Crippen MR) is 103 cm³/mol. The summed E-state index contributed by atoms with van der Waals surface area (Å²) in [4.78, 5) is 0. The van der Waals surface area contributed by atoms with Crippen LogP contribution in [0.2, 0.25) is 0 Å². The van der Waals surface area contributed by atoms with Crippen molar-refractivity contribution in [2.24, 2.45) is 0 Å². The molecule has 0 spiro atoms. The van der Waals surface area contributed by atoms with Crippen molar-refractivity contribution in [1.82, 2.24) is 0 Å². The molecule has 2 rings (SSSR count). The Balaban J connectivity index is 2.37. The third kappa shape index (κ3) is 4.40. The van der Waals surface area contributed by atoms with Crippen molar-refractivity contribution in [2.45, 2.75) is 52.4 Å². The fourth-order valence-corrected chi connectivity index (χ4v) is 2.57. The minimum absolute atomic E-state index is 0.00847. The maximum absolute atomic E-state index is 9.64. The molecule has 0 unspecified atom stereocenters. The van der Waals surface area contributed by atoms with Crippen LogP contribution in [0.15, 0.2) is 42.5 Å². The van der Waals surface area contributed by atoms with E-state index < -0.39 is 7.12 Å². The molecule has 0 aliphatic carbocycles. The van der Waals surface area contributed by atoms with Crippen molar-refractivity contribution < 1.29 is 10.0 Å². The van der Waals surface area contributed by atoms with Gasteiger partial charge < -0.3 is 15.4 Å². The van der Waals surface area contributed by atoms with E-state index in [0.29, 0.717) is 5.46 Å². The van der Waals surface area contributed by atoms with E-state index >= 15 is 0 Å². The van der Waals surface area contributed by atoms with Gasteiger partial charge >= 0.3 is 7.12 Å². The molecule has 0 heterocycles. The first-order chi connectivity index (χ1) is 11.0. The molecule has 4 heteroatoms. The van der Waals surface area contributed by atoms with Crippen LogP contribution in [0.1, 0.15) is 52.7 Å². The van der Waals surface area contributed by atoms with Crippen LogP contribution in [-0.4, -0.2) is 17.2 Å². The van der Waals surface area contributed by atoms with Crippen LogP contribution in [0.25, 0.3) is 0 Å². The van der Waals surface area contributed by atoms with Gasteiger partial charge in [-0.2, -0.15) is 0 Å². The zero-order valence-corrected chi connectivity index (χ0v) is 15.5. The molecule has 0 saturated heterocycles. The van der Waals surface area contributed by atoms with Gasteiger partial charge in [0, 0.05) is 16.8 Å². The van der Waals surface area contributed by atoms with Crippen LogP contribution >= 0.6 is 0 Å². The molecule has 0 aromatic heterocycles. The summed E-state index contributed by atoms with van der Waals surface area (Å²) in [6, 6.07) is 14.0. The number of hydrogen-bond acceptors (Lipinski definition) is 3. The van der Waals surface area contributed by atoms with Crippen LogP contribution in [-0.2, 0) is 10.8 Å². The van der Waals surface area contributed by atoms with E-state index in [4.69, 9.17) is 0 Å². The average Bonchev–Trinajstić information content (AvgIpc) is 2.45. The molecule has 0 amide bonds. The highest BCUT2D eigenvalue weighted by atomic mass is 16.4. The maximum atomic E-state index is 9.64. The van der Waals surface area contributed by atoms with Gasteiger partial charge in [0.1, 0.15) is 0 Å². The van der Waals surface area contributed by atoms with Crippen molar-refractivity contribution in [3.05, 3.63) is 53.6 Å². The monoisotopic (exact) mass is 325 g/mol. The second-order valence-corrected chi connectivity index (χ2v) is 8.38. The minimum Gasteiger partial charge on any atom is -0.423 e. The first kappa shape index (κ1) is 18.6. The summed E-state index contributed by atoms with van der Waals surface area (Å²) < 4.78 is 0. The van der Waals surface area contributed by atoms with E-state index in [1.165, 1.54) is 5.56 Å². The quantitative estimate of drug-likeness (QED) is 0.754. The summed E-state index contributed by atoms with van der Waals surface area (Å²) in [5.41, 5.74) is 4.63. The fourth-order valence-electron chi connectivity index (χ4n) is 2.57. The molecule has 2 aromatic carbocycles. The van der Waals surface area contributed by atoms with Gasteiger partial charge in [0.15, 0.2) is 0 Å². The standard InChI is InChI=1S/C20H28BNO2/c1-19(2,3)14-7-10-16(11-8-14)22-18-13-15(20(4,5)6)9-12-17(18)21(23)24/h7-13,22-24H,1-6H3. The van der Waals surface area contributed by atoms with Crippen LogP contribution in [0.5, 0.6) is 0 Å². The van der Waals surface area contributed by atoms with Crippen LogP contribution in [0, 0.1) is 0 Å². The lowest BCUT2D eigenvalue weighted by molar-refractivity contribution is 0.426. The molecule has 24 heavy (non-hydrogen) atoms. The summed E-state index contributed by atoms with van der Waals surface area (Å²) in [5.74, 6) is 0. The van der Waals surface area contributed by atoms with E-state index in [2.05, 4.69) is 59.0 Å². The van der Waals surface area contributed by atoms with Gasteiger partial charge in [0.2, 0.25) is 0 Å². The SMILES string of the molecule is CC(C)(C)c1ccc(Nc2cc(C(C)(C)C)ccc2B(O)O)cc1. The Morgan fingerprint density at radius 2 is 1.25 bits per heavy atom. The van der Waals surface area contributed by atoms with E-state index in [-0.39, 0.29) is 10.8 Å². The summed E-state index contributed by atoms with van der Waals surface area (Å²) >= 11 is 0. The van der Waals surface area contributed by atoms with Gasteiger partial charge in [-0.25, -0.2) is 0 Å². The highest BCUT2D eigenvalue weighted by molar-refractivity contribution is 6.60. The van der Waals surface area contributed by atoms with Crippen molar-refractivity contribution >= 4 is 24.0 Å². The third-order valence-electron chi connectivity index (χ3n) is 4.23. The molecule has 2 aromatic rings. The van der Waals surface area contributed by atoms with Gasteiger partial charge in [0.05, 0.1) is 0 Å². The van der Waals surface area contributed by atoms with Gasteiger partial charge in [-0.05, 0) is 40.2 Å². The second kappa shape index (κ2) is 6.62. The average molecular weight is 325 g/mol. The highest BCUT2D eigenvalue weighted by Crippen LogP contribution is 2.27. The van der Waals surface area contributed by atoms with Crippen LogP contribution < -0.4 is 10.8 Å². The molecule has 128 valence electrons. The number of benzene rings is 2. The lowest BCUT2D eigenvalue weighted by Gasteiger charge is -2.22. The van der Waals surface area contributed by atoms with Gasteiger partial charge in [-0.15, -0.1) is 0 Å². The summed E-state index contributed by atoms with van der Waals surface area (Å²) in [6.45, 7) is 13.0. The lowest BCUT2D eigenvalue weighted by atomic mass is 9.76. The third-order valence-corrected chi connectivity index (χ3v) is 4.23. The van der Waals surface area contributed by atoms with E-state index in [1.54, 1.807) is 6.07 Å². The Bertz CT molecular complexity index is 695. The Morgan fingerprint density at radius 1 is 0.750 bits per heavy atom. The second-order valence-electron chi connectivity index (χ2n) is 8.38. The Kier molecular flexibility index (Phi) is 5.12. The largest absolute Gasteiger partial charge is 0.490 e. The first-order valence-corrected chi connectivity index (χ1v) is 8.36. The van der Waals surface area contributed by atoms with Crippen molar-refractivity contribution in [1.29, 1.82) is 0 Å². The Labute approximate surface area is 145 Å². The number of nitrogens with one attached hydrogen (secondary N) is 1.